The first-order valence-corrected chi connectivity index (χ1v) is 8.56. The number of carbonyl (C=O) groups is 1. The van der Waals surface area contributed by atoms with Gasteiger partial charge in [0.2, 0.25) is 5.91 Å². The third-order valence-corrected chi connectivity index (χ3v) is 4.96. The first-order chi connectivity index (χ1) is 10.8. The van der Waals surface area contributed by atoms with E-state index in [0.717, 1.165) is 32.5 Å². The smallest absolute Gasteiger partial charge is 0.229 e. The van der Waals surface area contributed by atoms with Gasteiger partial charge in [-0.05, 0) is 30.5 Å². The van der Waals surface area contributed by atoms with Gasteiger partial charge in [-0.1, -0.05) is 56.2 Å². The fourth-order valence-electron chi connectivity index (χ4n) is 3.60. The van der Waals surface area contributed by atoms with Crippen molar-refractivity contribution in [2.75, 3.05) is 19.6 Å². The Bertz CT molecular complexity index is 532. The first-order valence-electron chi connectivity index (χ1n) is 8.56. The number of amides is 1. The molecule has 1 amide bonds. The van der Waals surface area contributed by atoms with E-state index in [1.54, 1.807) is 0 Å². The molecule has 0 saturated heterocycles. The molecule has 1 N–H and O–H groups in total. The van der Waals surface area contributed by atoms with Crippen LogP contribution in [-0.4, -0.2) is 36.5 Å². The van der Waals surface area contributed by atoms with Gasteiger partial charge in [-0.2, -0.15) is 0 Å². The fourth-order valence-corrected chi connectivity index (χ4v) is 3.60. The van der Waals surface area contributed by atoms with Crippen molar-refractivity contribution in [3.8, 4) is 0 Å². The molecule has 2 aliphatic rings. The average Bonchev–Trinajstić information content (AvgIpc) is 3.08. The first kappa shape index (κ1) is 15.3. The summed E-state index contributed by atoms with van der Waals surface area (Å²) in [5.41, 5.74) is 2.38. The topological polar surface area (TPSA) is 32.3 Å². The lowest BCUT2D eigenvalue weighted by atomic mass is 9.88. The Morgan fingerprint density at radius 2 is 1.95 bits per heavy atom. The van der Waals surface area contributed by atoms with Crippen molar-refractivity contribution in [3.63, 3.8) is 0 Å². The van der Waals surface area contributed by atoms with E-state index in [2.05, 4.69) is 35.3 Å². The maximum atomic E-state index is 12.8. The Kier molecular flexibility index (Phi) is 4.94. The van der Waals surface area contributed by atoms with Crippen LogP contribution in [0.1, 0.15) is 38.2 Å². The van der Waals surface area contributed by atoms with Crippen LogP contribution in [0.15, 0.2) is 36.4 Å². The van der Waals surface area contributed by atoms with E-state index in [0.29, 0.717) is 6.04 Å². The van der Waals surface area contributed by atoms with Gasteiger partial charge in [-0.15, -0.1) is 0 Å². The third kappa shape index (κ3) is 3.41. The van der Waals surface area contributed by atoms with Crippen LogP contribution < -0.4 is 5.32 Å². The Labute approximate surface area is 133 Å². The lowest BCUT2D eigenvalue weighted by Crippen LogP contribution is -2.45. The number of nitrogens with one attached hydrogen (secondary N) is 1. The number of rotatable bonds is 4. The number of nitrogens with zero attached hydrogens (tertiary/aromatic N) is 1. The van der Waals surface area contributed by atoms with Crippen LogP contribution in [0.25, 0.3) is 5.57 Å². The monoisotopic (exact) mass is 298 g/mol. The lowest BCUT2D eigenvalue weighted by Gasteiger charge is -2.32. The Balaban J connectivity index is 1.79. The zero-order chi connectivity index (χ0) is 15.4. The van der Waals surface area contributed by atoms with Crippen LogP contribution in [-0.2, 0) is 4.79 Å². The van der Waals surface area contributed by atoms with Crippen LogP contribution in [0.2, 0.25) is 0 Å². The fraction of sp³-hybridized carbons (Fsp3) is 0.526. The largest absolute Gasteiger partial charge is 0.353 e. The SMILES string of the molecule is CCN1CC=C(c2ccccc2)C(C(=O)NC2CCCC2)C1. The summed E-state index contributed by atoms with van der Waals surface area (Å²) >= 11 is 0. The van der Waals surface area contributed by atoms with Gasteiger partial charge in [0.15, 0.2) is 0 Å². The molecule has 3 nitrogen and oxygen atoms in total. The molecule has 1 aliphatic carbocycles. The summed E-state index contributed by atoms with van der Waals surface area (Å²) in [6, 6.07) is 10.7. The zero-order valence-electron chi connectivity index (χ0n) is 13.4. The summed E-state index contributed by atoms with van der Waals surface area (Å²) in [6.07, 6.45) is 7.01. The second-order valence-electron chi connectivity index (χ2n) is 6.42. The van der Waals surface area contributed by atoms with Crippen molar-refractivity contribution >= 4 is 11.5 Å². The maximum Gasteiger partial charge on any atom is 0.229 e. The zero-order valence-corrected chi connectivity index (χ0v) is 13.4. The summed E-state index contributed by atoms with van der Waals surface area (Å²) in [5.74, 6) is 0.164. The van der Waals surface area contributed by atoms with Gasteiger partial charge in [0, 0.05) is 19.1 Å². The molecule has 0 spiro atoms. The van der Waals surface area contributed by atoms with Crippen molar-refractivity contribution in [1.29, 1.82) is 0 Å². The van der Waals surface area contributed by atoms with Gasteiger partial charge < -0.3 is 5.32 Å². The molecule has 3 rings (SSSR count). The van der Waals surface area contributed by atoms with Crippen molar-refractivity contribution < 1.29 is 4.79 Å². The summed E-state index contributed by atoms with van der Waals surface area (Å²) < 4.78 is 0. The van der Waals surface area contributed by atoms with E-state index >= 15 is 0 Å². The number of hydrogen-bond acceptors (Lipinski definition) is 2. The van der Waals surface area contributed by atoms with Gasteiger partial charge in [0.25, 0.3) is 0 Å². The summed E-state index contributed by atoms with van der Waals surface area (Å²) in [4.78, 5) is 15.2. The molecule has 1 aromatic rings. The van der Waals surface area contributed by atoms with Crippen molar-refractivity contribution in [2.45, 2.75) is 38.6 Å². The Morgan fingerprint density at radius 3 is 2.64 bits per heavy atom. The normalized spacial score (nSPS) is 23.3. The third-order valence-electron chi connectivity index (χ3n) is 4.96. The van der Waals surface area contributed by atoms with E-state index in [4.69, 9.17) is 0 Å². The van der Waals surface area contributed by atoms with Crippen LogP contribution in [0.4, 0.5) is 0 Å². The molecule has 22 heavy (non-hydrogen) atoms. The molecule has 1 aromatic carbocycles. The van der Waals surface area contributed by atoms with E-state index in [1.165, 1.54) is 24.0 Å². The second-order valence-corrected chi connectivity index (χ2v) is 6.42. The van der Waals surface area contributed by atoms with E-state index < -0.39 is 0 Å². The predicted molar refractivity (Wildman–Crippen MR) is 90.4 cm³/mol. The molecule has 1 unspecified atom stereocenters. The van der Waals surface area contributed by atoms with Crippen LogP contribution >= 0.6 is 0 Å². The van der Waals surface area contributed by atoms with E-state index in [9.17, 15) is 4.79 Å². The van der Waals surface area contributed by atoms with Gasteiger partial charge >= 0.3 is 0 Å². The molecule has 1 atom stereocenters. The summed E-state index contributed by atoms with van der Waals surface area (Å²) in [6.45, 7) is 4.92. The van der Waals surface area contributed by atoms with Crippen molar-refractivity contribution in [3.05, 3.63) is 42.0 Å². The molecule has 0 bridgehead atoms. The summed E-state index contributed by atoms with van der Waals surface area (Å²) in [7, 11) is 0. The molecule has 0 aromatic heterocycles. The highest BCUT2D eigenvalue weighted by Crippen LogP contribution is 2.29. The van der Waals surface area contributed by atoms with Crippen molar-refractivity contribution in [2.24, 2.45) is 5.92 Å². The number of likely N-dealkylation sites (N-methyl/N-ethyl adjacent to an activating group) is 1. The molecule has 1 aliphatic heterocycles. The highest BCUT2D eigenvalue weighted by atomic mass is 16.2. The van der Waals surface area contributed by atoms with E-state index in [-0.39, 0.29) is 11.8 Å². The number of benzene rings is 1. The average molecular weight is 298 g/mol. The number of carbonyl (C=O) groups excluding carboxylic acids is 1. The molecule has 3 heteroatoms. The van der Waals surface area contributed by atoms with Crippen LogP contribution in [0, 0.1) is 5.92 Å². The quantitative estimate of drug-likeness (QED) is 0.926. The predicted octanol–water partition coefficient (Wildman–Crippen LogP) is 3.08. The highest BCUT2D eigenvalue weighted by Gasteiger charge is 2.30. The minimum absolute atomic E-state index is 0.0447. The standard InChI is InChI=1S/C19H26N2O/c1-2-21-13-12-17(15-8-4-3-5-9-15)18(14-21)19(22)20-16-10-6-7-11-16/h3-5,8-9,12,16,18H,2,6-7,10-11,13-14H2,1H3,(H,20,22). The Hall–Kier alpha value is -1.61. The molecule has 0 radical (unpaired) electrons. The molecule has 1 saturated carbocycles. The maximum absolute atomic E-state index is 12.8. The molecule has 1 fully saturated rings. The van der Waals surface area contributed by atoms with E-state index in [1.807, 2.05) is 18.2 Å². The summed E-state index contributed by atoms with van der Waals surface area (Å²) in [5, 5.41) is 3.29. The minimum Gasteiger partial charge on any atom is -0.353 e. The molecule has 1 heterocycles. The number of hydrogen-bond donors (Lipinski definition) is 1. The highest BCUT2D eigenvalue weighted by molar-refractivity contribution is 5.92. The second kappa shape index (κ2) is 7.10. The van der Waals surface area contributed by atoms with Gasteiger partial charge in [0.05, 0.1) is 5.92 Å². The van der Waals surface area contributed by atoms with Crippen LogP contribution in [0.5, 0.6) is 0 Å². The lowest BCUT2D eigenvalue weighted by molar-refractivity contribution is -0.124. The minimum atomic E-state index is -0.0447. The Morgan fingerprint density at radius 1 is 1.23 bits per heavy atom. The van der Waals surface area contributed by atoms with Gasteiger partial charge in [0.1, 0.15) is 0 Å². The van der Waals surface area contributed by atoms with Crippen molar-refractivity contribution in [1.82, 2.24) is 10.2 Å². The van der Waals surface area contributed by atoms with Crippen LogP contribution in [0.3, 0.4) is 0 Å². The van der Waals surface area contributed by atoms with Gasteiger partial charge in [-0.25, -0.2) is 0 Å². The molecular weight excluding hydrogens is 272 g/mol. The molecular formula is C19H26N2O. The van der Waals surface area contributed by atoms with Gasteiger partial charge in [-0.3, -0.25) is 9.69 Å². The molecule has 118 valence electrons.